The highest BCUT2D eigenvalue weighted by Crippen LogP contribution is 2.21. The van der Waals surface area contributed by atoms with Crippen LogP contribution in [0, 0.1) is 0 Å². The molecule has 2 rings (SSSR count). The number of ether oxygens (including phenoxy) is 1. The van der Waals surface area contributed by atoms with Gasteiger partial charge in [0.15, 0.2) is 10.9 Å². The number of carbonyl (C=O) groups is 2. The van der Waals surface area contributed by atoms with Gasteiger partial charge in [-0.15, -0.1) is 11.3 Å². The van der Waals surface area contributed by atoms with Gasteiger partial charge in [-0.05, 0) is 12.1 Å². The molecule has 1 aromatic heterocycles. The average Bonchev–Trinajstić information content (AvgIpc) is 2.87. The minimum absolute atomic E-state index is 0.131. The first-order valence-corrected chi connectivity index (χ1v) is 6.40. The van der Waals surface area contributed by atoms with Crippen LogP contribution in [-0.2, 0) is 0 Å². The predicted octanol–water partition coefficient (Wildman–Crippen LogP) is 2.61. The Labute approximate surface area is 114 Å². The summed E-state index contributed by atoms with van der Waals surface area (Å²) in [6.07, 6.45) is 0. The maximum absolute atomic E-state index is 12.1. The number of methoxy groups -OCH3 is 1. The summed E-state index contributed by atoms with van der Waals surface area (Å²) in [6.45, 7) is 1.43. The molecular weight excluding hydrogens is 264 g/mol. The number of Topliss-reactive ketones (excluding diaryl/α,β-unsaturated/α-hetero) is 1. The second kappa shape index (κ2) is 5.62. The Morgan fingerprint density at radius 3 is 2.68 bits per heavy atom. The highest BCUT2D eigenvalue weighted by molar-refractivity contribution is 7.14. The van der Waals surface area contributed by atoms with Crippen molar-refractivity contribution in [2.24, 2.45) is 0 Å². The van der Waals surface area contributed by atoms with Crippen molar-refractivity contribution in [3.05, 3.63) is 40.9 Å². The second-order valence-electron chi connectivity index (χ2n) is 3.75. The fourth-order valence-corrected chi connectivity index (χ4v) is 2.23. The number of hydrogen-bond donors (Lipinski definition) is 1. The van der Waals surface area contributed by atoms with E-state index in [0.717, 1.165) is 0 Å². The number of hydrogen-bond acceptors (Lipinski definition) is 5. The molecule has 0 saturated carbocycles. The Balaban J connectivity index is 2.18. The van der Waals surface area contributed by atoms with E-state index in [0.29, 0.717) is 22.1 Å². The Bertz CT molecular complexity index is 622. The van der Waals surface area contributed by atoms with Crippen molar-refractivity contribution in [1.82, 2.24) is 4.98 Å². The van der Waals surface area contributed by atoms with Gasteiger partial charge in [0.05, 0.1) is 12.7 Å². The van der Waals surface area contributed by atoms with E-state index in [4.69, 9.17) is 4.74 Å². The number of anilines is 1. The van der Waals surface area contributed by atoms with E-state index in [9.17, 15) is 9.59 Å². The predicted molar refractivity (Wildman–Crippen MR) is 73.1 cm³/mol. The van der Waals surface area contributed by atoms with Crippen molar-refractivity contribution in [3.63, 3.8) is 0 Å². The second-order valence-corrected chi connectivity index (χ2v) is 4.61. The minimum Gasteiger partial charge on any atom is -0.496 e. The Hall–Kier alpha value is -2.21. The van der Waals surface area contributed by atoms with Crippen molar-refractivity contribution in [2.45, 2.75) is 6.92 Å². The van der Waals surface area contributed by atoms with Gasteiger partial charge in [0.25, 0.3) is 5.91 Å². The molecule has 0 atom stereocenters. The molecule has 0 unspecified atom stereocenters. The fraction of sp³-hybridized carbons (Fsp3) is 0.154. The van der Waals surface area contributed by atoms with Gasteiger partial charge < -0.3 is 4.74 Å². The zero-order valence-electron chi connectivity index (χ0n) is 10.5. The summed E-state index contributed by atoms with van der Waals surface area (Å²) in [4.78, 5) is 27.2. The number of nitrogens with one attached hydrogen (secondary N) is 1. The summed E-state index contributed by atoms with van der Waals surface area (Å²) in [5.74, 6) is 0.0410. The molecule has 1 N–H and O–H groups in total. The van der Waals surface area contributed by atoms with Gasteiger partial charge in [-0.3, -0.25) is 14.9 Å². The highest BCUT2D eigenvalue weighted by Gasteiger charge is 2.14. The van der Waals surface area contributed by atoms with Crippen LogP contribution in [0.15, 0.2) is 29.6 Å². The van der Waals surface area contributed by atoms with Crippen molar-refractivity contribution in [3.8, 4) is 5.75 Å². The average molecular weight is 276 g/mol. The smallest absolute Gasteiger partial charge is 0.261 e. The molecule has 0 radical (unpaired) electrons. The van der Waals surface area contributed by atoms with Crippen LogP contribution >= 0.6 is 11.3 Å². The van der Waals surface area contributed by atoms with E-state index in [-0.39, 0.29) is 11.7 Å². The number of ketones is 1. The van der Waals surface area contributed by atoms with Crippen LogP contribution in [0.3, 0.4) is 0 Å². The molecule has 6 heteroatoms. The number of para-hydroxylation sites is 1. The molecule has 98 valence electrons. The maximum Gasteiger partial charge on any atom is 0.261 e. The van der Waals surface area contributed by atoms with Gasteiger partial charge in [-0.2, -0.15) is 0 Å². The lowest BCUT2D eigenvalue weighted by Crippen LogP contribution is -2.13. The number of aromatic nitrogens is 1. The summed E-state index contributed by atoms with van der Waals surface area (Å²) >= 11 is 1.21. The molecular formula is C13H12N2O3S. The lowest BCUT2D eigenvalue weighted by molar-refractivity contribution is 0.100. The molecule has 0 fully saturated rings. The van der Waals surface area contributed by atoms with Crippen LogP contribution in [0.1, 0.15) is 27.8 Å². The fourth-order valence-electron chi connectivity index (χ4n) is 1.49. The summed E-state index contributed by atoms with van der Waals surface area (Å²) in [6, 6.07) is 6.90. The van der Waals surface area contributed by atoms with E-state index in [1.54, 1.807) is 29.6 Å². The molecule has 1 aromatic carbocycles. The minimum atomic E-state index is -0.318. The van der Waals surface area contributed by atoms with Crippen molar-refractivity contribution >= 4 is 28.2 Å². The van der Waals surface area contributed by atoms with E-state index in [1.165, 1.54) is 25.4 Å². The van der Waals surface area contributed by atoms with Gasteiger partial charge in [0.1, 0.15) is 11.4 Å². The molecule has 0 aliphatic heterocycles. The molecule has 5 nitrogen and oxygen atoms in total. The number of carbonyl (C=O) groups excluding carboxylic acids is 2. The largest absolute Gasteiger partial charge is 0.496 e. The molecule has 0 saturated heterocycles. The number of rotatable bonds is 4. The molecule has 19 heavy (non-hydrogen) atoms. The quantitative estimate of drug-likeness (QED) is 0.871. The van der Waals surface area contributed by atoms with Gasteiger partial charge in [-0.1, -0.05) is 12.1 Å². The summed E-state index contributed by atoms with van der Waals surface area (Å²) in [7, 11) is 1.50. The van der Waals surface area contributed by atoms with Crippen LogP contribution in [0.4, 0.5) is 5.13 Å². The normalized spacial score (nSPS) is 10.0. The summed E-state index contributed by atoms with van der Waals surface area (Å²) in [5.41, 5.74) is 0.768. The maximum atomic E-state index is 12.1. The number of benzene rings is 1. The first-order chi connectivity index (χ1) is 9.11. The lowest BCUT2D eigenvalue weighted by atomic mass is 10.2. The number of thiazole rings is 1. The first kappa shape index (κ1) is 13.2. The Morgan fingerprint density at radius 1 is 1.32 bits per heavy atom. The van der Waals surface area contributed by atoms with Crippen LogP contribution in [-0.4, -0.2) is 23.8 Å². The molecule has 1 heterocycles. The van der Waals surface area contributed by atoms with E-state index < -0.39 is 0 Å². The van der Waals surface area contributed by atoms with Gasteiger partial charge in [-0.25, -0.2) is 4.98 Å². The number of amides is 1. The topological polar surface area (TPSA) is 68.3 Å². The molecule has 2 aromatic rings. The summed E-state index contributed by atoms with van der Waals surface area (Å²) in [5, 5.41) is 4.65. The monoisotopic (exact) mass is 276 g/mol. The lowest BCUT2D eigenvalue weighted by Gasteiger charge is -2.06. The molecule has 0 bridgehead atoms. The Kier molecular flexibility index (Phi) is 3.91. The van der Waals surface area contributed by atoms with Crippen LogP contribution in [0.2, 0.25) is 0 Å². The molecule has 0 aliphatic carbocycles. The van der Waals surface area contributed by atoms with E-state index >= 15 is 0 Å². The molecule has 1 amide bonds. The van der Waals surface area contributed by atoms with Crippen LogP contribution in [0.25, 0.3) is 0 Å². The zero-order valence-corrected chi connectivity index (χ0v) is 11.3. The summed E-state index contributed by atoms with van der Waals surface area (Å²) < 4.78 is 5.12. The molecule has 0 aliphatic rings. The third kappa shape index (κ3) is 2.97. The van der Waals surface area contributed by atoms with E-state index in [1.807, 2.05) is 0 Å². The van der Waals surface area contributed by atoms with Crippen molar-refractivity contribution < 1.29 is 14.3 Å². The van der Waals surface area contributed by atoms with Gasteiger partial charge in [0, 0.05) is 12.3 Å². The van der Waals surface area contributed by atoms with Gasteiger partial charge >= 0.3 is 0 Å². The van der Waals surface area contributed by atoms with Gasteiger partial charge in [0.2, 0.25) is 0 Å². The van der Waals surface area contributed by atoms with Crippen LogP contribution < -0.4 is 10.1 Å². The first-order valence-electron chi connectivity index (χ1n) is 5.52. The van der Waals surface area contributed by atoms with Crippen molar-refractivity contribution in [1.29, 1.82) is 0 Å². The zero-order chi connectivity index (χ0) is 13.8. The third-order valence-electron chi connectivity index (χ3n) is 2.44. The van der Waals surface area contributed by atoms with E-state index in [2.05, 4.69) is 10.3 Å². The van der Waals surface area contributed by atoms with Crippen molar-refractivity contribution in [2.75, 3.05) is 12.4 Å². The molecule has 0 spiro atoms. The van der Waals surface area contributed by atoms with Crippen LogP contribution in [0.5, 0.6) is 5.75 Å². The highest BCUT2D eigenvalue weighted by atomic mass is 32.1. The third-order valence-corrected chi connectivity index (χ3v) is 3.19. The Morgan fingerprint density at radius 2 is 2.05 bits per heavy atom. The number of nitrogens with zero attached hydrogens (tertiary/aromatic N) is 1. The standard InChI is InChI=1S/C13H12N2O3S/c1-8(16)10-7-19-13(14-10)15-12(17)9-5-3-4-6-11(9)18-2/h3-7H,1-2H3,(H,14,15,17). The SMILES string of the molecule is COc1ccccc1C(=O)Nc1nc(C(C)=O)cs1.